The summed E-state index contributed by atoms with van der Waals surface area (Å²) in [6, 6.07) is 18.5. The molecule has 3 aromatic carbocycles. The van der Waals surface area contributed by atoms with Crippen LogP contribution in [0.1, 0.15) is 5.56 Å². The number of carbonyl (C=O) groups is 1. The minimum atomic E-state index is -3.77. The first kappa shape index (κ1) is 18.8. The second-order valence-corrected chi connectivity index (χ2v) is 9.78. The molecule has 0 fully saturated rings. The van der Waals surface area contributed by atoms with Gasteiger partial charge in [-0.05, 0) is 24.4 Å². The van der Waals surface area contributed by atoms with Crippen molar-refractivity contribution in [3.8, 4) is 11.3 Å². The van der Waals surface area contributed by atoms with Gasteiger partial charge < -0.3 is 5.32 Å². The molecule has 150 valence electrons. The Morgan fingerprint density at radius 1 is 1.07 bits per heavy atom. The molecular weight excluding hydrogens is 418 g/mol. The van der Waals surface area contributed by atoms with Crippen molar-refractivity contribution in [3.05, 3.63) is 71.6 Å². The van der Waals surface area contributed by atoms with Gasteiger partial charge in [-0.3, -0.25) is 9.10 Å². The largest absolute Gasteiger partial charge is 0.300 e. The van der Waals surface area contributed by atoms with Crippen LogP contribution in [0.25, 0.3) is 22.0 Å². The summed E-state index contributed by atoms with van der Waals surface area (Å²) in [7, 11) is -3.77. The summed E-state index contributed by atoms with van der Waals surface area (Å²) < 4.78 is 27.2. The van der Waals surface area contributed by atoms with E-state index < -0.39 is 15.9 Å². The van der Waals surface area contributed by atoms with E-state index in [1.165, 1.54) is 11.3 Å². The Balaban J connectivity index is 1.38. The van der Waals surface area contributed by atoms with Gasteiger partial charge in [-0.15, -0.1) is 11.3 Å². The fourth-order valence-corrected chi connectivity index (χ4v) is 6.01. The third-order valence-electron chi connectivity index (χ3n) is 5.07. The Labute approximate surface area is 177 Å². The highest BCUT2D eigenvalue weighted by Crippen LogP contribution is 2.41. The second kappa shape index (κ2) is 6.93. The van der Waals surface area contributed by atoms with Crippen molar-refractivity contribution < 1.29 is 13.2 Å². The molecule has 1 N–H and O–H groups in total. The topological polar surface area (TPSA) is 79.4 Å². The number of nitrogens with one attached hydrogen (secondary N) is 1. The predicted octanol–water partition coefficient (Wildman–Crippen LogP) is 4.42. The highest BCUT2D eigenvalue weighted by molar-refractivity contribution is 7.93. The standard InChI is InChI=1S/C22H17N3O3S2/c1-14-8-10-15(11-9-14)17-13-29-22(23-17)24-20(26)12-25-18-6-2-4-16-5-3-7-19(21(16)18)30(25,27)28/h2-11,13H,12H2,1H3,(H,23,24,26). The van der Waals surface area contributed by atoms with Crippen molar-refractivity contribution >= 4 is 48.9 Å². The van der Waals surface area contributed by atoms with Crippen LogP contribution in [0.4, 0.5) is 10.8 Å². The summed E-state index contributed by atoms with van der Waals surface area (Å²) in [4.78, 5) is 17.4. The highest BCUT2D eigenvalue weighted by atomic mass is 32.2. The molecule has 2 heterocycles. The molecule has 1 amide bonds. The number of nitrogens with zero attached hydrogens (tertiary/aromatic N) is 2. The van der Waals surface area contributed by atoms with Crippen LogP contribution in [-0.4, -0.2) is 25.9 Å². The molecule has 0 unspecified atom stereocenters. The fourth-order valence-electron chi connectivity index (χ4n) is 3.61. The normalized spacial score (nSPS) is 14.2. The Hall–Kier alpha value is -3.23. The lowest BCUT2D eigenvalue weighted by Gasteiger charge is -2.17. The number of carbonyl (C=O) groups excluding carboxylic acids is 1. The monoisotopic (exact) mass is 435 g/mol. The van der Waals surface area contributed by atoms with Crippen molar-refractivity contribution in [1.29, 1.82) is 0 Å². The van der Waals surface area contributed by atoms with Crippen LogP contribution in [0, 0.1) is 6.92 Å². The Morgan fingerprint density at radius 3 is 2.57 bits per heavy atom. The van der Waals surface area contributed by atoms with Crippen LogP contribution in [0.3, 0.4) is 0 Å². The molecule has 0 aliphatic carbocycles. The van der Waals surface area contributed by atoms with Crippen LogP contribution in [-0.2, 0) is 14.8 Å². The van der Waals surface area contributed by atoms with Gasteiger partial charge in [-0.25, -0.2) is 13.4 Å². The van der Waals surface area contributed by atoms with E-state index in [1.807, 2.05) is 48.7 Å². The van der Waals surface area contributed by atoms with Crippen molar-refractivity contribution in [3.63, 3.8) is 0 Å². The maximum absolute atomic E-state index is 13.0. The van der Waals surface area contributed by atoms with Crippen LogP contribution in [0.2, 0.25) is 0 Å². The number of rotatable bonds is 4. The van der Waals surface area contributed by atoms with E-state index in [-0.39, 0.29) is 11.4 Å². The van der Waals surface area contributed by atoms with Gasteiger partial charge in [-0.1, -0.05) is 54.1 Å². The summed E-state index contributed by atoms with van der Waals surface area (Å²) in [5.74, 6) is -0.437. The molecule has 0 saturated carbocycles. The highest BCUT2D eigenvalue weighted by Gasteiger charge is 2.36. The zero-order valence-electron chi connectivity index (χ0n) is 16.0. The summed E-state index contributed by atoms with van der Waals surface area (Å²) >= 11 is 1.31. The average Bonchev–Trinajstić information content (AvgIpc) is 3.27. The quantitative estimate of drug-likeness (QED) is 0.515. The van der Waals surface area contributed by atoms with E-state index in [4.69, 9.17) is 0 Å². The van der Waals surface area contributed by atoms with E-state index in [0.29, 0.717) is 16.2 Å². The third-order valence-corrected chi connectivity index (χ3v) is 7.63. The Bertz CT molecular complexity index is 1390. The molecule has 0 saturated heterocycles. The molecule has 0 bridgehead atoms. The van der Waals surface area contributed by atoms with Gasteiger partial charge in [0.15, 0.2) is 5.13 Å². The van der Waals surface area contributed by atoms with Crippen molar-refractivity contribution in [2.45, 2.75) is 11.8 Å². The molecule has 4 aromatic rings. The number of hydrogen-bond acceptors (Lipinski definition) is 5. The molecule has 5 rings (SSSR count). The van der Waals surface area contributed by atoms with Crippen LogP contribution in [0.15, 0.2) is 70.9 Å². The predicted molar refractivity (Wildman–Crippen MR) is 119 cm³/mol. The number of sulfonamides is 1. The summed E-state index contributed by atoms with van der Waals surface area (Å²) in [5.41, 5.74) is 3.41. The van der Waals surface area contributed by atoms with E-state index in [2.05, 4.69) is 10.3 Å². The Kier molecular flexibility index (Phi) is 4.34. The van der Waals surface area contributed by atoms with Crippen molar-refractivity contribution in [2.75, 3.05) is 16.2 Å². The van der Waals surface area contributed by atoms with Gasteiger partial charge in [0.1, 0.15) is 6.54 Å². The van der Waals surface area contributed by atoms with Gasteiger partial charge in [0.05, 0.1) is 16.3 Å². The second-order valence-electron chi connectivity index (χ2n) is 7.10. The number of aromatic nitrogens is 1. The smallest absolute Gasteiger partial charge is 0.265 e. The Morgan fingerprint density at radius 2 is 1.80 bits per heavy atom. The van der Waals surface area contributed by atoms with Crippen LogP contribution < -0.4 is 9.62 Å². The molecule has 8 heteroatoms. The van der Waals surface area contributed by atoms with Crippen molar-refractivity contribution in [2.24, 2.45) is 0 Å². The maximum Gasteiger partial charge on any atom is 0.265 e. The lowest BCUT2D eigenvalue weighted by molar-refractivity contribution is -0.114. The molecule has 6 nitrogen and oxygen atoms in total. The molecule has 0 atom stereocenters. The molecule has 1 aliphatic heterocycles. The molecular formula is C22H17N3O3S2. The minimum absolute atomic E-state index is 0.235. The molecule has 0 radical (unpaired) electrons. The summed E-state index contributed by atoms with van der Waals surface area (Å²) in [5, 5.41) is 6.52. The number of aryl methyl sites for hydroxylation is 1. The minimum Gasteiger partial charge on any atom is -0.300 e. The van der Waals surface area contributed by atoms with E-state index in [1.54, 1.807) is 24.3 Å². The first-order chi connectivity index (χ1) is 14.4. The first-order valence-electron chi connectivity index (χ1n) is 9.30. The van der Waals surface area contributed by atoms with Gasteiger partial charge in [0, 0.05) is 16.3 Å². The van der Waals surface area contributed by atoms with E-state index in [0.717, 1.165) is 26.5 Å². The zero-order chi connectivity index (χ0) is 20.9. The maximum atomic E-state index is 13.0. The number of benzene rings is 3. The fraction of sp³-hybridized carbons (Fsp3) is 0.0909. The number of anilines is 2. The van der Waals surface area contributed by atoms with Gasteiger partial charge in [0.2, 0.25) is 5.91 Å². The molecule has 30 heavy (non-hydrogen) atoms. The first-order valence-corrected chi connectivity index (χ1v) is 11.6. The third kappa shape index (κ3) is 3.05. The van der Waals surface area contributed by atoms with E-state index >= 15 is 0 Å². The molecule has 1 aliphatic rings. The van der Waals surface area contributed by atoms with Gasteiger partial charge >= 0.3 is 0 Å². The zero-order valence-corrected chi connectivity index (χ0v) is 17.6. The van der Waals surface area contributed by atoms with Gasteiger partial charge in [0.25, 0.3) is 10.0 Å². The number of hydrogen-bond donors (Lipinski definition) is 1. The number of thiazole rings is 1. The lowest BCUT2D eigenvalue weighted by atomic mass is 10.1. The average molecular weight is 436 g/mol. The van der Waals surface area contributed by atoms with E-state index in [9.17, 15) is 13.2 Å². The summed E-state index contributed by atoms with van der Waals surface area (Å²) in [6.45, 7) is 1.71. The lowest BCUT2D eigenvalue weighted by Crippen LogP contribution is -2.35. The van der Waals surface area contributed by atoms with Crippen LogP contribution >= 0.6 is 11.3 Å². The van der Waals surface area contributed by atoms with Crippen LogP contribution in [0.5, 0.6) is 0 Å². The van der Waals surface area contributed by atoms with Gasteiger partial charge in [-0.2, -0.15) is 0 Å². The molecule has 0 spiro atoms. The van der Waals surface area contributed by atoms with Crippen molar-refractivity contribution in [1.82, 2.24) is 4.98 Å². The summed E-state index contributed by atoms with van der Waals surface area (Å²) in [6.07, 6.45) is 0. The SMILES string of the molecule is Cc1ccc(-c2csc(NC(=O)CN3c4cccc5cccc(c45)S3(=O)=O)n2)cc1. The molecule has 1 aromatic heterocycles. The number of amides is 1.